The van der Waals surface area contributed by atoms with Gasteiger partial charge in [0.1, 0.15) is 11.3 Å². The maximum atomic E-state index is 10.7. The van der Waals surface area contributed by atoms with Gasteiger partial charge in [-0.2, -0.15) is 0 Å². The first-order valence-corrected chi connectivity index (χ1v) is 4.56. The fraction of sp³-hybridized carbons (Fsp3) is 0.364. The van der Waals surface area contributed by atoms with Gasteiger partial charge in [-0.3, -0.25) is 0 Å². The van der Waals surface area contributed by atoms with Gasteiger partial charge < -0.3 is 10.2 Å². The lowest BCUT2D eigenvalue weighted by molar-refractivity contribution is 0.0693. The lowest BCUT2D eigenvalue weighted by Crippen LogP contribution is -2.01. The van der Waals surface area contributed by atoms with Crippen molar-refractivity contribution in [3.05, 3.63) is 29.3 Å². The Morgan fingerprint density at radius 3 is 2.57 bits per heavy atom. The number of benzene rings is 1. The average molecular weight is 194 g/mol. The summed E-state index contributed by atoms with van der Waals surface area (Å²) in [7, 11) is 0. The number of aromatic carboxylic acids is 1. The Hall–Kier alpha value is -1.51. The molecular formula is C11H14O3. The van der Waals surface area contributed by atoms with Crippen molar-refractivity contribution in [2.24, 2.45) is 5.92 Å². The van der Waals surface area contributed by atoms with Crippen molar-refractivity contribution in [3.63, 3.8) is 0 Å². The van der Waals surface area contributed by atoms with Crippen molar-refractivity contribution in [1.29, 1.82) is 0 Å². The molecule has 3 nitrogen and oxygen atoms in total. The molecule has 0 aliphatic rings. The van der Waals surface area contributed by atoms with Crippen molar-refractivity contribution in [2.75, 3.05) is 0 Å². The predicted octanol–water partition coefficient (Wildman–Crippen LogP) is 2.29. The van der Waals surface area contributed by atoms with Gasteiger partial charge in [-0.25, -0.2) is 4.79 Å². The summed E-state index contributed by atoms with van der Waals surface area (Å²) in [5, 5.41) is 18.4. The van der Waals surface area contributed by atoms with Crippen LogP contribution in [0.4, 0.5) is 0 Å². The molecule has 1 aromatic carbocycles. The largest absolute Gasteiger partial charge is 0.507 e. The molecule has 0 saturated heterocycles. The number of para-hydroxylation sites is 1. The van der Waals surface area contributed by atoms with Crippen LogP contribution in [0.2, 0.25) is 0 Å². The summed E-state index contributed by atoms with van der Waals surface area (Å²) in [5.41, 5.74) is 0.669. The van der Waals surface area contributed by atoms with Gasteiger partial charge in [0, 0.05) is 0 Å². The third-order valence-electron chi connectivity index (χ3n) is 1.98. The number of aromatic hydroxyl groups is 1. The van der Waals surface area contributed by atoms with Crippen molar-refractivity contribution in [2.45, 2.75) is 20.3 Å². The highest BCUT2D eigenvalue weighted by atomic mass is 16.4. The Morgan fingerprint density at radius 1 is 1.43 bits per heavy atom. The monoisotopic (exact) mass is 194 g/mol. The van der Waals surface area contributed by atoms with Crippen LogP contribution in [0.5, 0.6) is 5.75 Å². The van der Waals surface area contributed by atoms with Crippen LogP contribution in [0.15, 0.2) is 18.2 Å². The molecule has 3 heteroatoms. The summed E-state index contributed by atoms with van der Waals surface area (Å²) in [6, 6.07) is 4.81. The van der Waals surface area contributed by atoms with E-state index in [-0.39, 0.29) is 11.3 Å². The molecule has 14 heavy (non-hydrogen) atoms. The molecule has 0 spiro atoms. The normalized spacial score (nSPS) is 10.5. The van der Waals surface area contributed by atoms with Crippen LogP contribution >= 0.6 is 0 Å². The number of carbonyl (C=O) groups is 1. The number of carboxylic acid groups (broad SMARTS) is 1. The molecular weight excluding hydrogens is 180 g/mol. The number of hydrogen-bond donors (Lipinski definition) is 2. The van der Waals surface area contributed by atoms with Crippen LogP contribution < -0.4 is 0 Å². The summed E-state index contributed by atoms with van der Waals surface area (Å²) in [4.78, 5) is 10.7. The molecule has 76 valence electrons. The zero-order valence-corrected chi connectivity index (χ0v) is 8.32. The number of hydrogen-bond acceptors (Lipinski definition) is 2. The third kappa shape index (κ3) is 2.25. The fourth-order valence-electron chi connectivity index (χ4n) is 1.37. The molecule has 1 aromatic rings. The van der Waals surface area contributed by atoms with Crippen LogP contribution in [-0.2, 0) is 6.42 Å². The van der Waals surface area contributed by atoms with E-state index in [1.165, 1.54) is 6.07 Å². The molecule has 0 fully saturated rings. The van der Waals surface area contributed by atoms with Gasteiger partial charge in [-0.05, 0) is 24.0 Å². The molecule has 0 saturated carbocycles. The smallest absolute Gasteiger partial charge is 0.339 e. The molecule has 2 N–H and O–H groups in total. The Labute approximate surface area is 83.0 Å². The average Bonchev–Trinajstić information content (AvgIpc) is 2.07. The third-order valence-corrected chi connectivity index (χ3v) is 1.98. The summed E-state index contributed by atoms with van der Waals surface area (Å²) in [6.07, 6.45) is 0.687. The summed E-state index contributed by atoms with van der Waals surface area (Å²) in [5.74, 6) is -0.799. The lowest BCUT2D eigenvalue weighted by Gasteiger charge is -2.08. The molecule has 0 amide bonds. The van der Waals surface area contributed by atoms with Gasteiger partial charge in [0.25, 0.3) is 0 Å². The van der Waals surface area contributed by atoms with Gasteiger partial charge in [0.05, 0.1) is 0 Å². The first-order chi connectivity index (χ1) is 6.52. The first kappa shape index (κ1) is 10.6. The summed E-state index contributed by atoms with van der Waals surface area (Å²) < 4.78 is 0. The van der Waals surface area contributed by atoms with Gasteiger partial charge in [-0.1, -0.05) is 26.0 Å². The van der Waals surface area contributed by atoms with Crippen molar-refractivity contribution < 1.29 is 15.0 Å². The van der Waals surface area contributed by atoms with E-state index < -0.39 is 5.97 Å². The zero-order chi connectivity index (χ0) is 10.7. The number of rotatable bonds is 3. The van der Waals surface area contributed by atoms with E-state index in [2.05, 4.69) is 0 Å². The minimum absolute atomic E-state index is 0.0249. The second-order valence-corrected chi connectivity index (χ2v) is 3.72. The minimum atomic E-state index is -1.09. The molecule has 0 aliphatic carbocycles. The van der Waals surface area contributed by atoms with Gasteiger partial charge >= 0.3 is 5.97 Å². The van der Waals surface area contributed by atoms with Crippen molar-refractivity contribution in [1.82, 2.24) is 0 Å². The molecule has 0 radical (unpaired) electrons. The predicted molar refractivity (Wildman–Crippen MR) is 53.6 cm³/mol. The summed E-state index contributed by atoms with van der Waals surface area (Å²) in [6.45, 7) is 4.04. The van der Waals surface area contributed by atoms with Crippen LogP contribution in [0.1, 0.15) is 29.8 Å². The second kappa shape index (κ2) is 4.13. The molecule has 0 atom stereocenters. The van der Waals surface area contributed by atoms with E-state index in [9.17, 15) is 9.90 Å². The quantitative estimate of drug-likeness (QED) is 0.776. The van der Waals surface area contributed by atoms with E-state index in [1.807, 2.05) is 13.8 Å². The van der Waals surface area contributed by atoms with E-state index in [0.717, 1.165) is 0 Å². The molecule has 0 aliphatic heterocycles. The van der Waals surface area contributed by atoms with Crippen LogP contribution in [0, 0.1) is 5.92 Å². The van der Waals surface area contributed by atoms with Crippen LogP contribution in [0.25, 0.3) is 0 Å². The Bertz CT molecular complexity index is 342. The highest BCUT2D eigenvalue weighted by molar-refractivity contribution is 5.91. The second-order valence-electron chi connectivity index (χ2n) is 3.72. The molecule has 1 rings (SSSR count). The fourth-order valence-corrected chi connectivity index (χ4v) is 1.37. The molecule has 0 heterocycles. The van der Waals surface area contributed by atoms with E-state index in [4.69, 9.17) is 5.11 Å². The topological polar surface area (TPSA) is 57.5 Å². The van der Waals surface area contributed by atoms with E-state index >= 15 is 0 Å². The van der Waals surface area contributed by atoms with Crippen LogP contribution in [-0.4, -0.2) is 16.2 Å². The molecule has 0 bridgehead atoms. The highest BCUT2D eigenvalue weighted by Crippen LogP contribution is 2.24. The molecule has 0 aromatic heterocycles. The Kier molecular flexibility index (Phi) is 3.12. The van der Waals surface area contributed by atoms with Gasteiger partial charge in [0.15, 0.2) is 0 Å². The van der Waals surface area contributed by atoms with Gasteiger partial charge in [0.2, 0.25) is 0 Å². The minimum Gasteiger partial charge on any atom is -0.507 e. The maximum absolute atomic E-state index is 10.7. The number of carboxylic acids is 1. The van der Waals surface area contributed by atoms with E-state index in [1.54, 1.807) is 12.1 Å². The molecule has 0 unspecified atom stereocenters. The highest BCUT2D eigenvalue weighted by Gasteiger charge is 2.13. The zero-order valence-electron chi connectivity index (χ0n) is 8.32. The standard InChI is InChI=1S/C11H14O3/c1-7(2)6-8-4-3-5-9(10(8)12)11(13)14/h3-5,7,12H,6H2,1-2H3,(H,13,14). The van der Waals surface area contributed by atoms with Crippen molar-refractivity contribution >= 4 is 5.97 Å². The van der Waals surface area contributed by atoms with Crippen molar-refractivity contribution in [3.8, 4) is 5.75 Å². The summed E-state index contributed by atoms with van der Waals surface area (Å²) >= 11 is 0. The Balaban J connectivity index is 3.07. The SMILES string of the molecule is CC(C)Cc1cccc(C(=O)O)c1O. The Morgan fingerprint density at radius 2 is 2.07 bits per heavy atom. The lowest BCUT2D eigenvalue weighted by atomic mass is 10.00. The maximum Gasteiger partial charge on any atom is 0.339 e. The van der Waals surface area contributed by atoms with Gasteiger partial charge in [-0.15, -0.1) is 0 Å². The van der Waals surface area contributed by atoms with E-state index in [0.29, 0.717) is 17.9 Å². The van der Waals surface area contributed by atoms with Crippen LogP contribution in [0.3, 0.4) is 0 Å². The number of phenols is 1. The first-order valence-electron chi connectivity index (χ1n) is 4.56.